The van der Waals surface area contributed by atoms with Crippen LogP contribution in [0.3, 0.4) is 0 Å². The third-order valence-electron chi connectivity index (χ3n) is 3.57. The van der Waals surface area contributed by atoms with Gasteiger partial charge in [-0.3, -0.25) is 9.48 Å². The Labute approximate surface area is 143 Å². The fraction of sp³-hybridized carbons (Fsp3) is 0.235. The van der Waals surface area contributed by atoms with E-state index in [1.807, 2.05) is 19.2 Å². The van der Waals surface area contributed by atoms with E-state index in [2.05, 4.69) is 10.1 Å². The number of benzene rings is 1. The van der Waals surface area contributed by atoms with Gasteiger partial charge in [0.05, 0.1) is 29.0 Å². The molecule has 0 aliphatic rings. The summed E-state index contributed by atoms with van der Waals surface area (Å²) in [7, 11) is 0. The van der Waals surface area contributed by atoms with Crippen molar-refractivity contribution >= 4 is 22.9 Å². The largest absolute Gasteiger partial charge is 0.302 e. The number of rotatable bonds is 5. The molecule has 124 valence electrons. The van der Waals surface area contributed by atoms with Crippen LogP contribution in [-0.2, 0) is 13.1 Å². The maximum atomic E-state index is 13.2. The lowest BCUT2D eigenvalue weighted by atomic mass is 10.2. The molecule has 0 saturated carbocycles. The van der Waals surface area contributed by atoms with Crippen LogP contribution in [0.25, 0.3) is 0 Å². The minimum atomic E-state index is -0.338. The zero-order valence-electron chi connectivity index (χ0n) is 13.4. The lowest BCUT2D eigenvalue weighted by Crippen LogP contribution is -2.30. The highest BCUT2D eigenvalue weighted by molar-refractivity contribution is 7.09. The summed E-state index contributed by atoms with van der Waals surface area (Å²) in [6, 6.07) is 5.88. The van der Waals surface area contributed by atoms with Crippen molar-refractivity contribution in [3.8, 4) is 0 Å². The molecule has 0 aliphatic heterocycles. The molecule has 0 N–H and O–H groups in total. The number of amides is 1. The molecule has 1 amide bonds. The van der Waals surface area contributed by atoms with E-state index in [4.69, 9.17) is 0 Å². The first-order chi connectivity index (χ1) is 11.6. The Balaban J connectivity index is 1.93. The second kappa shape index (κ2) is 6.92. The average molecular weight is 344 g/mol. The van der Waals surface area contributed by atoms with Crippen LogP contribution < -0.4 is 4.90 Å². The summed E-state index contributed by atoms with van der Waals surface area (Å²) >= 11 is 1.53. The van der Waals surface area contributed by atoms with Crippen molar-refractivity contribution in [1.82, 2.24) is 14.8 Å². The molecule has 1 aromatic carbocycles. The van der Waals surface area contributed by atoms with Crippen molar-refractivity contribution in [2.45, 2.75) is 26.9 Å². The van der Waals surface area contributed by atoms with Gasteiger partial charge in [0, 0.05) is 23.8 Å². The second-order valence-electron chi connectivity index (χ2n) is 5.31. The fourth-order valence-corrected chi connectivity index (χ4v) is 2.95. The molecule has 5 nitrogen and oxygen atoms in total. The van der Waals surface area contributed by atoms with Crippen LogP contribution in [-0.4, -0.2) is 20.7 Å². The van der Waals surface area contributed by atoms with Crippen molar-refractivity contribution in [3.05, 3.63) is 64.1 Å². The smallest absolute Gasteiger partial charge is 0.261 e. The summed E-state index contributed by atoms with van der Waals surface area (Å²) in [4.78, 5) is 18.9. The van der Waals surface area contributed by atoms with Gasteiger partial charge in [0.25, 0.3) is 5.91 Å². The number of anilines is 1. The summed E-state index contributed by atoms with van der Waals surface area (Å²) in [6.45, 7) is 4.89. The molecule has 2 aromatic heterocycles. The maximum absolute atomic E-state index is 13.2. The zero-order chi connectivity index (χ0) is 17.1. The van der Waals surface area contributed by atoms with Crippen molar-refractivity contribution in [1.29, 1.82) is 0 Å². The summed E-state index contributed by atoms with van der Waals surface area (Å²) in [5.74, 6) is -0.526. The molecule has 24 heavy (non-hydrogen) atoms. The first-order valence-electron chi connectivity index (χ1n) is 7.57. The fourth-order valence-electron chi connectivity index (χ4n) is 2.35. The predicted molar refractivity (Wildman–Crippen MR) is 91.7 cm³/mol. The van der Waals surface area contributed by atoms with E-state index in [1.54, 1.807) is 34.1 Å². The quantitative estimate of drug-likeness (QED) is 0.710. The van der Waals surface area contributed by atoms with Crippen molar-refractivity contribution in [2.24, 2.45) is 0 Å². The van der Waals surface area contributed by atoms with Gasteiger partial charge in [-0.15, -0.1) is 11.3 Å². The topological polar surface area (TPSA) is 51.0 Å². The van der Waals surface area contributed by atoms with E-state index >= 15 is 0 Å². The van der Waals surface area contributed by atoms with Gasteiger partial charge in [-0.25, -0.2) is 9.37 Å². The number of thiazole rings is 1. The Kier molecular flexibility index (Phi) is 4.71. The van der Waals surface area contributed by atoms with Gasteiger partial charge in [-0.05, 0) is 38.1 Å². The molecule has 3 rings (SSSR count). The number of halogens is 1. The van der Waals surface area contributed by atoms with Crippen molar-refractivity contribution < 1.29 is 9.18 Å². The van der Waals surface area contributed by atoms with E-state index in [-0.39, 0.29) is 11.7 Å². The van der Waals surface area contributed by atoms with Crippen LogP contribution in [0.5, 0.6) is 0 Å². The SMILES string of the molecule is CCn1cc(C(=O)N(Cc2csc(C)n2)c2ccc(F)cc2)cn1. The summed E-state index contributed by atoms with van der Waals surface area (Å²) < 4.78 is 14.9. The van der Waals surface area contributed by atoms with E-state index in [0.717, 1.165) is 10.7 Å². The highest BCUT2D eigenvalue weighted by Gasteiger charge is 2.20. The molecular weight excluding hydrogens is 327 g/mol. The molecule has 0 bridgehead atoms. The number of aryl methyl sites for hydroxylation is 2. The van der Waals surface area contributed by atoms with Crippen LogP contribution in [0, 0.1) is 12.7 Å². The molecule has 0 saturated heterocycles. The molecule has 0 aliphatic carbocycles. The van der Waals surface area contributed by atoms with Gasteiger partial charge >= 0.3 is 0 Å². The second-order valence-corrected chi connectivity index (χ2v) is 6.37. The van der Waals surface area contributed by atoms with Crippen LogP contribution in [0.2, 0.25) is 0 Å². The highest BCUT2D eigenvalue weighted by Crippen LogP contribution is 2.21. The number of aromatic nitrogens is 3. The standard InChI is InChI=1S/C17H17FN4OS/c1-3-21-9-13(8-19-21)17(23)22(10-15-11-24-12(2)20-15)16-6-4-14(18)5-7-16/h4-9,11H,3,10H2,1-2H3. The van der Waals surface area contributed by atoms with E-state index in [9.17, 15) is 9.18 Å². The number of hydrogen-bond acceptors (Lipinski definition) is 4. The summed E-state index contributed by atoms with van der Waals surface area (Å²) in [5.41, 5.74) is 1.92. The number of carbonyl (C=O) groups excluding carboxylic acids is 1. The molecule has 0 atom stereocenters. The third kappa shape index (κ3) is 3.51. The van der Waals surface area contributed by atoms with Gasteiger partial charge in [-0.2, -0.15) is 5.10 Å². The Morgan fingerprint density at radius 1 is 1.33 bits per heavy atom. The molecule has 0 spiro atoms. The Bertz CT molecular complexity index is 840. The molecule has 2 heterocycles. The Morgan fingerprint density at radius 3 is 2.67 bits per heavy atom. The van der Waals surface area contributed by atoms with E-state index < -0.39 is 0 Å². The van der Waals surface area contributed by atoms with Crippen molar-refractivity contribution in [2.75, 3.05) is 4.90 Å². The zero-order valence-corrected chi connectivity index (χ0v) is 14.3. The molecule has 0 unspecified atom stereocenters. The average Bonchev–Trinajstić information content (AvgIpc) is 3.22. The minimum Gasteiger partial charge on any atom is -0.302 e. The molecule has 0 radical (unpaired) electrons. The third-order valence-corrected chi connectivity index (χ3v) is 4.40. The van der Waals surface area contributed by atoms with Gasteiger partial charge < -0.3 is 4.90 Å². The molecule has 3 aromatic rings. The van der Waals surface area contributed by atoms with Gasteiger partial charge in [0.2, 0.25) is 0 Å². The van der Waals surface area contributed by atoms with E-state index in [1.165, 1.54) is 23.5 Å². The Morgan fingerprint density at radius 2 is 2.08 bits per heavy atom. The summed E-state index contributed by atoms with van der Waals surface area (Å²) in [5, 5.41) is 7.02. The Hall–Kier alpha value is -2.54. The predicted octanol–water partition coefficient (Wildman–Crippen LogP) is 3.65. The highest BCUT2D eigenvalue weighted by atomic mass is 32.1. The maximum Gasteiger partial charge on any atom is 0.261 e. The monoisotopic (exact) mass is 344 g/mol. The molecular formula is C17H17FN4OS. The van der Waals surface area contributed by atoms with Gasteiger partial charge in [0.15, 0.2) is 0 Å². The summed E-state index contributed by atoms with van der Waals surface area (Å²) in [6.07, 6.45) is 3.26. The van der Waals surface area contributed by atoms with E-state index in [0.29, 0.717) is 24.3 Å². The molecule has 7 heteroatoms. The normalized spacial score (nSPS) is 10.8. The first-order valence-corrected chi connectivity index (χ1v) is 8.45. The first kappa shape index (κ1) is 16.3. The number of carbonyl (C=O) groups is 1. The van der Waals surface area contributed by atoms with Gasteiger partial charge in [0.1, 0.15) is 5.82 Å². The van der Waals surface area contributed by atoms with Crippen LogP contribution in [0.15, 0.2) is 42.0 Å². The van der Waals surface area contributed by atoms with Crippen LogP contribution >= 0.6 is 11.3 Å². The van der Waals surface area contributed by atoms with Crippen LogP contribution in [0.1, 0.15) is 28.0 Å². The van der Waals surface area contributed by atoms with Crippen LogP contribution in [0.4, 0.5) is 10.1 Å². The van der Waals surface area contributed by atoms with Gasteiger partial charge in [-0.1, -0.05) is 0 Å². The molecule has 0 fully saturated rings. The van der Waals surface area contributed by atoms with Crippen molar-refractivity contribution in [3.63, 3.8) is 0 Å². The number of nitrogens with zero attached hydrogens (tertiary/aromatic N) is 4. The number of hydrogen-bond donors (Lipinski definition) is 0. The minimum absolute atomic E-state index is 0.188. The lowest BCUT2D eigenvalue weighted by molar-refractivity contribution is 0.0984. The lowest BCUT2D eigenvalue weighted by Gasteiger charge is -2.21.